The van der Waals surface area contributed by atoms with Gasteiger partial charge in [-0.15, -0.1) is 0 Å². The van der Waals surface area contributed by atoms with Gasteiger partial charge in [-0.25, -0.2) is 0 Å². The van der Waals surface area contributed by atoms with Crippen LogP contribution in [0.1, 0.15) is 25.5 Å². The van der Waals surface area contributed by atoms with Gasteiger partial charge in [0, 0.05) is 16.3 Å². The highest BCUT2D eigenvalue weighted by atomic mass is 35.5. The van der Waals surface area contributed by atoms with E-state index in [1.807, 2.05) is 36.4 Å². The molecule has 0 spiro atoms. The van der Waals surface area contributed by atoms with Crippen molar-refractivity contribution in [2.45, 2.75) is 19.8 Å². The molecule has 0 unspecified atom stereocenters. The number of hydrogen-bond acceptors (Lipinski definition) is 2. The van der Waals surface area contributed by atoms with Gasteiger partial charge in [-0.3, -0.25) is 0 Å². The van der Waals surface area contributed by atoms with Crippen LogP contribution in [0.5, 0.6) is 11.5 Å². The van der Waals surface area contributed by atoms with Crippen molar-refractivity contribution in [2.24, 2.45) is 0 Å². The molecule has 3 heteroatoms. The average molecular weight is 287 g/mol. The minimum absolute atomic E-state index is 0.349. The summed E-state index contributed by atoms with van der Waals surface area (Å²) in [6, 6.07) is 15.3. The van der Waals surface area contributed by atoms with Gasteiger partial charge in [0.15, 0.2) is 11.3 Å². The molecule has 1 aromatic heterocycles. The normalized spacial score (nSPS) is 11.2. The molecule has 0 bridgehead atoms. The van der Waals surface area contributed by atoms with Gasteiger partial charge >= 0.3 is 0 Å². The predicted octanol–water partition coefficient (Wildman–Crippen LogP) is 6.00. The van der Waals surface area contributed by atoms with Crippen molar-refractivity contribution in [3.05, 3.63) is 59.3 Å². The summed E-state index contributed by atoms with van der Waals surface area (Å²) in [5.41, 5.74) is 0.774. The molecule has 0 saturated heterocycles. The van der Waals surface area contributed by atoms with Gasteiger partial charge in [-0.1, -0.05) is 43.6 Å². The van der Waals surface area contributed by atoms with Crippen molar-refractivity contribution < 1.29 is 9.15 Å². The SMILES string of the molecule is CC(C)c1cc2cccc(Oc3cccc(Cl)c3)c2o1. The minimum atomic E-state index is 0.349. The molecular formula is C17H15ClO2. The molecule has 3 aromatic rings. The van der Waals surface area contributed by atoms with Gasteiger partial charge in [0.25, 0.3) is 0 Å². The third-order valence-corrected chi connectivity index (χ3v) is 3.36. The van der Waals surface area contributed by atoms with Gasteiger partial charge in [0.05, 0.1) is 0 Å². The lowest BCUT2D eigenvalue weighted by Crippen LogP contribution is -1.84. The van der Waals surface area contributed by atoms with Crippen LogP contribution in [-0.2, 0) is 0 Å². The first-order valence-corrected chi connectivity index (χ1v) is 6.97. The zero-order chi connectivity index (χ0) is 14.1. The first kappa shape index (κ1) is 13.1. The Bertz CT molecular complexity index is 744. The number of fused-ring (bicyclic) bond motifs is 1. The lowest BCUT2D eigenvalue weighted by atomic mass is 10.1. The third kappa shape index (κ3) is 2.52. The number of ether oxygens (including phenoxy) is 1. The zero-order valence-corrected chi connectivity index (χ0v) is 12.1. The second-order valence-electron chi connectivity index (χ2n) is 5.04. The van der Waals surface area contributed by atoms with Crippen LogP contribution in [0.25, 0.3) is 11.0 Å². The molecule has 0 radical (unpaired) electrons. The van der Waals surface area contributed by atoms with E-state index in [1.54, 1.807) is 6.07 Å². The number of para-hydroxylation sites is 1. The fourth-order valence-electron chi connectivity index (χ4n) is 2.08. The van der Waals surface area contributed by atoms with Crippen molar-refractivity contribution >= 4 is 22.6 Å². The molecule has 0 aliphatic heterocycles. The summed E-state index contributed by atoms with van der Waals surface area (Å²) in [4.78, 5) is 0. The number of rotatable bonds is 3. The van der Waals surface area contributed by atoms with Crippen molar-refractivity contribution in [1.82, 2.24) is 0 Å². The minimum Gasteiger partial charge on any atom is -0.457 e. The molecule has 20 heavy (non-hydrogen) atoms. The smallest absolute Gasteiger partial charge is 0.176 e. The van der Waals surface area contributed by atoms with Crippen LogP contribution in [0.2, 0.25) is 5.02 Å². The number of furan rings is 1. The van der Waals surface area contributed by atoms with E-state index in [0.29, 0.717) is 22.4 Å². The van der Waals surface area contributed by atoms with Crippen LogP contribution in [0, 0.1) is 0 Å². The number of hydrogen-bond donors (Lipinski definition) is 0. The van der Waals surface area contributed by atoms with Crippen LogP contribution in [0.15, 0.2) is 52.9 Å². The van der Waals surface area contributed by atoms with E-state index in [9.17, 15) is 0 Å². The molecule has 0 fully saturated rings. The molecule has 102 valence electrons. The van der Waals surface area contributed by atoms with E-state index in [-0.39, 0.29) is 0 Å². The molecule has 0 N–H and O–H groups in total. The maximum atomic E-state index is 5.97. The first-order valence-electron chi connectivity index (χ1n) is 6.59. The Morgan fingerprint density at radius 3 is 2.60 bits per heavy atom. The molecular weight excluding hydrogens is 272 g/mol. The third-order valence-electron chi connectivity index (χ3n) is 3.12. The van der Waals surface area contributed by atoms with E-state index in [0.717, 1.165) is 16.7 Å². The fraction of sp³-hybridized carbons (Fsp3) is 0.176. The highest BCUT2D eigenvalue weighted by molar-refractivity contribution is 6.30. The summed E-state index contributed by atoms with van der Waals surface area (Å²) in [6.07, 6.45) is 0. The maximum Gasteiger partial charge on any atom is 0.176 e. The second-order valence-corrected chi connectivity index (χ2v) is 5.47. The molecule has 2 nitrogen and oxygen atoms in total. The number of halogens is 1. The standard InChI is InChI=1S/C17H15ClO2/c1-11(2)16-9-12-5-3-8-15(17(12)20-16)19-14-7-4-6-13(18)10-14/h3-11H,1-2H3. The summed E-state index contributed by atoms with van der Waals surface area (Å²) in [7, 11) is 0. The quantitative estimate of drug-likeness (QED) is 0.589. The van der Waals surface area contributed by atoms with Crippen molar-refractivity contribution in [1.29, 1.82) is 0 Å². The molecule has 0 atom stereocenters. The van der Waals surface area contributed by atoms with Crippen LogP contribution in [0.3, 0.4) is 0 Å². The van der Waals surface area contributed by atoms with Crippen LogP contribution >= 0.6 is 11.6 Å². The highest BCUT2D eigenvalue weighted by Crippen LogP contribution is 2.34. The Morgan fingerprint density at radius 1 is 1.05 bits per heavy atom. The Hall–Kier alpha value is -1.93. The largest absolute Gasteiger partial charge is 0.457 e. The lowest BCUT2D eigenvalue weighted by Gasteiger charge is -2.06. The summed E-state index contributed by atoms with van der Waals surface area (Å²) in [5, 5.41) is 1.70. The van der Waals surface area contributed by atoms with Crippen LogP contribution < -0.4 is 4.74 Å². The molecule has 1 heterocycles. The van der Waals surface area contributed by atoms with E-state index < -0.39 is 0 Å². The van der Waals surface area contributed by atoms with E-state index in [1.165, 1.54) is 0 Å². The molecule has 0 aliphatic carbocycles. The highest BCUT2D eigenvalue weighted by Gasteiger charge is 2.12. The molecule has 0 aliphatic rings. The van der Waals surface area contributed by atoms with E-state index >= 15 is 0 Å². The summed E-state index contributed by atoms with van der Waals surface area (Å²) < 4.78 is 11.8. The van der Waals surface area contributed by atoms with Gasteiger partial charge < -0.3 is 9.15 Å². The Morgan fingerprint density at radius 2 is 1.85 bits per heavy atom. The zero-order valence-electron chi connectivity index (χ0n) is 11.4. The van der Waals surface area contributed by atoms with Crippen LogP contribution in [-0.4, -0.2) is 0 Å². The van der Waals surface area contributed by atoms with Gasteiger partial charge in [-0.05, 0) is 30.3 Å². The maximum absolute atomic E-state index is 5.97. The van der Waals surface area contributed by atoms with Gasteiger partial charge in [0.2, 0.25) is 0 Å². The monoisotopic (exact) mass is 286 g/mol. The summed E-state index contributed by atoms with van der Waals surface area (Å²) in [5.74, 6) is 2.72. The van der Waals surface area contributed by atoms with Crippen molar-refractivity contribution in [3.8, 4) is 11.5 Å². The summed E-state index contributed by atoms with van der Waals surface area (Å²) >= 11 is 5.97. The Labute approximate surface area is 122 Å². The van der Waals surface area contributed by atoms with E-state index in [2.05, 4.69) is 19.9 Å². The summed E-state index contributed by atoms with van der Waals surface area (Å²) in [6.45, 7) is 4.21. The molecule has 0 saturated carbocycles. The van der Waals surface area contributed by atoms with Crippen LogP contribution in [0.4, 0.5) is 0 Å². The fourth-order valence-corrected chi connectivity index (χ4v) is 2.26. The second kappa shape index (κ2) is 5.22. The molecule has 2 aromatic carbocycles. The number of benzene rings is 2. The van der Waals surface area contributed by atoms with Crippen molar-refractivity contribution in [2.75, 3.05) is 0 Å². The molecule has 3 rings (SSSR count). The van der Waals surface area contributed by atoms with E-state index in [4.69, 9.17) is 20.8 Å². The lowest BCUT2D eigenvalue weighted by molar-refractivity contribution is 0.460. The van der Waals surface area contributed by atoms with Crippen molar-refractivity contribution in [3.63, 3.8) is 0 Å². The Kier molecular flexibility index (Phi) is 3.41. The topological polar surface area (TPSA) is 22.4 Å². The van der Waals surface area contributed by atoms with Gasteiger partial charge in [-0.2, -0.15) is 0 Å². The average Bonchev–Trinajstić information content (AvgIpc) is 2.84. The van der Waals surface area contributed by atoms with Gasteiger partial charge in [0.1, 0.15) is 11.5 Å². The molecule has 0 amide bonds. The Balaban J connectivity index is 2.03. The first-order chi connectivity index (χ1) is 9.63. The predicted molar refractivity (Wildman–Crippen MR) is 81.8 cm³/mol.